The summed E-state index contributed by atoms with van der Waals surface area (Å²) in [5.74, 6) is 5.01. The summed E-state index contributed by atoms with van der Waals surface area (Å²) in [5, 5.41) is 0. The van der Waals surface area contributed by atoms with Gasteiger partial charge in [-0.2, -0.15) is 0 Å². The molecule has 1 spiro atoms. The molecular formula is C64H50N2O. The van der Waals surface area contributed by atoms with Crippen molar-refractivity contribution >= 4 is 34.1 Å². The molecule has 4 saturated carbocycles. The van der Waals surface area contributed by atoms with Crippen LogP contribution < -0.4 is 14.5 Å². The predicted octanol–water partition coefficient (Wildman–Crippen LogP) is 17.5. The highest BCUT2D eigenvalue weighted by atomic mass is 16.5. The Morgan fingerprint density at radius 1 is 0.373 bits per heavy atom. The minimum absolute atomic E-state index is 0.168. The molecule has 4 bridgehead atoms. The zero-order chi connectivity index (χ0) is 44.1. The van der Waals surface area contributed by atoms with Crippen molar-refractivity contribution in [1.29, 1.82) is 0 Å². The van der Waals surface area contributed by atoms with Crippen LogP contribution in [0.2, 0.25) is 0 Å². The van der Waals surface area contributed by atoms with E-state index in [-0.39, 0.29) is 5.41 Å². The summed E-state index contributed by atoms with van der Waals surface area (Å²) >= 11 is 0. The fourth-order valence-corrected chi connectivity index (χ4v) is 13.6. The molecule has 3 nitrogen and oxygen atoms in total. The van der Waals surface area contributed by atoms with E-state index in [1.807, 2.05) is 0 Å². The summed E-state index contributed by atoms with van der Waals surface area (Å²) in [7, 11) is 0. The third-order valence-electron chi connectivity index (χ3n) is 16.2. The van der Waals surface area contributed by atoms with Crippen LogP contribution in [0.3, 0.4) is 0 Å². The normalized spacial score (nSPS) is 21.3. The van der Waals surface area contributed by atoms with Crippen molar-refractivity contribution in [2.24, 2.45) is 23.7 Å². The number of benzene rings is 9. The predicted molar refractivity (Wildman–Crippen MR) is 275 cm³/mol. The molecule has 322 valence electrons. The first-order chi connectivity index (χ1) is 33.2. The highest BCUT2D eigenvalue weighted by molar-refractivity contribution is 5.92. The Labute approximate surface area is 393 Å². The Morgan fingerprint density at radius 3 is 1.52 bits per heavy atom. The van der Waals surface area contributed by atoms with Gasteiger partial charge in [0.15, 0.2) is 11.5 Å². The molecule has 15 rings (SSSR count). The van der Waals surface area contributed by atoms with Gasteiger partial charge in [-0.3, -0.25) is 0 Å². The second-order valence-corrected chi connectivity index (χ2v) is 19.7. The molecule has 0 amide bonds. The lowest BCUT2D eigenvalue weighted by molar-refractivity contribution is -0.0399. The molecule has 1 aliphatic heterocycles. The van der Waals surface area contributed by atoms with E-state index in [0.29, 0.717) is 0 Å². The molecule has 0 N–H and O–H groups in total. The molecule has 3 heteroatoms. The van der Waals surface area contributed by atoms with Gasteiger partial charge in [0, 0.05) is 34.2 Å². The van der Waals surface area contributed by atoms with Crippen LogP contribution in [0.4, 0.5) is 34.1 Å². The Hall–Kier alpha value is -7.62. The third kappa shape index (κ3) is 6.10. The van der Waals surface area contributed by atoms with E-state index in [4.69, 9.17) is 4.74 Å². The van der Waals surface area contributed by atoms with Crippen LogP contribution in [0, 0.1) is 23.7 Å². The molecule has 9 aromatic rings. The number of fused-ring (bicyclic) bond motifs is 5. The molecule has 0 radical (unpaired) electrons. The second-order valence-electron chi connectivity index (χ2n) is 19.7. The average molecular weight is 863 g/mol. The van der Waals surface area contributed by atoms with Crippen molar-refractivity contribution in [3.8, 4) is 56.0 Å². The largest absolute Gasteiger partial charge is 0.453 e. The van der Waals surface area contributed by atoms with Gasteiger partial charge in [0.05, 0.1) is 11.4 Å². The quantitative estimate of drug-likeness (QED) is 0.159. The van der Waals surface area contributed by atoms with Crippen molar-refractivity contribution < 1.29 is 4.74 Å². The van der Waals surface area contributed by atoms with E-state index in [0.717, 1.165) is 69.3 Å². The van der Waals surface area contributed by atoms with Crippen LogP contribution in [0.15, 0.2) is 218 Å². The topological polar surface area (TPSA) is 15.7 Å². The summed E-state index contributed by atoms with van der Waals surface area (Å²) in [6, 6.07) is 80.0. The number of hydrogen-bond donors (Lipinski definition) is 0. The fraction of sp³-hybridized carbons (Fsp3) is 0.156. The van der Waals surface area contributed by atoms with E-state index in [1.54, 1.807) is 11.1 Å². The monoisotopic (exact) mass is 862 g/mol. The first-order valence-electron chi connectivity index (χ1n) is 24.3. The molecule has 0 unspecified atom stereocenters. The Bertz CT molecular complexity index is 3210. The molecule has 5 aliphatic carbocycles. The summed E-state index contributed by atoms with van der Waals surface area (Å²) < 4.78 is 7.02. The molecule has 1 heterocycles. The lowest BCUT2D eigenvalue weighted by Gasteiger charge is -2.61. The van der Waals surface area contributed by atoms with Crippen LogP contribution in [0.1, 0.15) is 43.2 Å². The number of hydrogen-bond acceptors (Lipinski definition) is 3. The zero-order valence-electron chi connectivity index (χ0n) is 37.4. The highest BCUT2D eigenvalue weighted by Crippen LogP contribution is 2.69. The molecule has 0 aromatic heterocycles. The zero-order valence-corrected chi connectivity index (χ0v) is 37.4. The van der Waals surface area contributed by atoms with Gasteiger partial charge in [-0.05, 0) is 178 Å². The van der Waals surface area contributed by atoms with Gasteiger partial charge in [0.25, 0.3) is 0 Å². The van der Waals surface area contributed by atoms with Gasteiger partial charge in [0.1, 0.15) is 0 Å². The average Bonchev–Trinajstić information content (AvgIpc) is 3.68. The maximum absolute atomic E-state index is 7.02. The second kappa shape index (κ2) is 15.2. The van der Waals surface area contributed by atoms with Gasteiger partial charge in [0.2, 0.25) is 0 Å². The first kappa shape index (κ1) is 38.6. The number of ether oxygens (including phenoxy) is 1. The molecule has 6 aliphatic rings. The third-order valence-corrected chi connectivity index (χ3v) is 16.2. The van der Waals surface area contributed by atoms with E-state index < -0.39 is 0 Å². The number of para-hydroxylation sites is 1. The molecule has 67 heavy (non-hydrogen) atoms. The first-order valence-corrected chi connectivity index (χ1v) is 24.3. The molecule has 4 fully saturated rings. The summed E-state index contributed by atoms with van der Waals surface area (Å²) in [6.45, 7) is 0. The maximum atomic E-state index is 7.02. The van der Waals surface area contributed by atoms with Crippen molar-refractivity contribution in [3.05, 3.63) is 230 Å². The van der Waals surface area contributed by atoms with Gasteiger partial charge in [-0.25, -0.2) is 0 Å². The van der Waals surface area contributed by atoms with E-state index in [9.17, 15) is 0 Å². The molecular weight excluding hydrogens is 813 g/mol. The maximum Gasteiger partial charge on any atom is 0.153 e. The van der Waals surface area contributed by atoms with Crippen LogP contribution in [0.5, 0.6) is 11.5 Å². The van der Waals surface area contributed by atoms with Gasteiger partial charge in [-0.15, -0.1) is 0 Å². The van der Waals surface area contributed by atoms with Crippen molar-refractivity contribution in [3.63, 3.8) is 0 Å². The smallest absolute Gasteiger partial charge is 0.153 e. The van der Waals surface area contributed by atoms with Crippen LogP contribution >= 0.6 is 0 Å². The van der Waals surface area contributed by atoms with E-state index >= 15 is 0 Å². The van der Waals surface area contributed by atoms with Crippen molar-refractivity contribution in [1.82, 2.24) is 0 Å². The molecule has 9 aromatic carbocycles. The number of anilines is 6. The Kier molecular flexibility index (Phi) is 8.78. The van der Waals surface area contributed by atoms with Crippen LogP contribution in [-0.4, -0.2) is 0 Å². The number of rotatable bonds is 7. The lowest BCUT2D eigenvalue weighted by atomic mass is 9.43. The Balaban J connectivity index is 0.853. The van der Waals surface area contributed by atoms with E-state index in [2.05, 4.69) is 228 Å². The van der Waals surface area contributed by atoms with Crippen LogP contribution in [0.25, 0.3) is 44.5 Å². The van der Waals surface area contributed by atoms with Gasteiger partial charge >= 0.3 is 0 Å². The lowest BCUT2D eigenvalue weighted by Crippen LogP contribution is -2.55. The van der Waals surface area contributed by atoms with Crippen molar-refractivity contribution in [2.75, 3.05) is 9.80 Å². The molecule has 0 atom stereocenters. The highest BCUT2D eigenvalue weighted by Gasteiger charge is 2.61. The standard InChI is InChI=1S/C64H50N2O/c1-4-12-44(13-5-1)46-20-26-53(27-21-46)65(54-28-22-47(23-29-54)45-14-6-2-7-15-45)55-30-32-60-63(41-55)67-62-33-25-49(40-61(62)66(60)52-16-8-3-9-17-52)48-24-31-59-57(39-48)56-18-10-11-19-58(56)64(59)50-35-42-34-43(37-50)38-51(64)36-42/h1-33,39-43,50-51H,34-38H2. The van der Waals surface area contributed by atoms with Crippen LogP contribution in [-0.2, 0) is 5.41 Å². The number of nitrogens with zero attached hydrogens (tertiary/aromatic N) is 2. The van der Waals surface area contributed by atoms with E-state index in [1.165, 1.54) is 76.6 Å². The SMILES string of the molecule is c1ccc(-c2ccc(N(c3ccc(-c4ccccc4)cc3)c3ccc4c(c3)Oc3ccc(-c5ccc6c(c5)-c5ccccc5C65C6CC7CC(C6)CC5C7)cc3N4c3ccccc3)cc2)cc1. The fourth-order valence-electron chi connectivity index (χ4n) is 13.6. The minimum Gasteiger partial charge on any atom is -0.453 e. The summed E-state index contributed by atoms with van der Waals surface area (Å²) in [5.41, 5.74) is 19.8. The summed E-state index contributed by atoms with van der Waals surface area (Å²) in [4.78, 5) is 4.71. The van der Waals surface area contributed by atoms with Gasteiger partial charge < -0.3 is 14.5 Å². The van der Waals surface area contributed by atoms with Gasteiger partial charge in [-0.1, -0.05) is 146 Å². The Morgan fingerprint density at radius 2 is 0.881 bits per heavy atom. The summed E-state index contributed by atoms with van der Waals surface area (Å²) in [6.07, 6.45) is 7.05. The van der Waals surface area contributed by atoms with Crippen molar-refractivity contribution in [2.45, 2.75) is 37.5 Å². The molecule has 0 saturated heterocycles. The minimum atomic E-state index is 0.168.